The number of carbonyl (C=O) groups is 2. The highest BCUT2D eigenvalue weighted by atomic mass is 19.1. The van der Waals surface area contributed by atoms with Crippen LogP contribution in [0.3, 0.4) is 0 Å². The minimum atomic E-state index is -1.01. The molecule has 0 aliphatic heterocycles. The van der Waals surface area contributed by atoms with Gasteiger partial charge in [-0.3, -0.25) is 14.5 Å². The molecule has 3 aromatic carbocycles. The molecule has 0 fully saturated rings. The summed E-state index contributed by atoms with van der Waals surface area (Å²) in [6.07, 6.45) is 0. The van der Waals surface area contributed by atoms with Gasteiger partial charge in [0.15, 0.2) is 0 Å². The maximum absolute atomic E-state index is 14.4. The lowest BCUT2D eigenvalue weighted by Crippen LogP contribution is -2.39. The van der Waals surface area contributed by atoms with E-state index in [0.717, 1.165) is 28.2 Å². The molecule has 178 valence electrons. The largest absolute Gasteiger partial charge is 0.494 e. The Labute approximate surface area is 197 Å². The molecule has 0 N–H and O–H groups in total. The van der Waals surface area contributed by atoms with Crippen LogP contribution in [-0.4, -0.2) is 30.6 Å². The minimum absolute atomic E-state index is 0.290. The number of nitrogens with zero attached hydrogens (tertiary/aromatic N) is 1. The van der Waals surface area contributed by atoms with Gasteiger partial charge in [0, 0.05) is 5.69 Å². The molecule has 7 heteroatoms. The zero-order chi connectivity index (χ0) is 24.9. The normalized spacial score (nSPS) is 11.1. The first-order chi connectivity index (χ1) is 16.1. The topological polar surface area (TPSA) is 55.8 Å². The van der Waals surface area contributed by atoms with E-state index in [1.54, 1.807) is 39.0 Å². The number of esters is 1. The lowest BCUT2D eigenvalue weighted by atomic mass is 10.0. The number of benzene rings is 3. The number of hydrogen-bond acceptors (Lipinski definition) is 4. The summed E-state index contributed by atoms with van der Waals surface area (Å²) in [5, 5.41) is 0. The van der Waals surface area contributed by atoms with Crippen molar-refractivity contribution < 1.29 is 27.8 Å². The molecule has 0 aromatic heterocycles. The highest BCUT2D eigenvalue weighted by molar-refractivity contribution is 6.09. The minimum Gasteiger partial charge on any atom is -0.494 e. The SMILES string of the molecule is CCOc1cccc(-c2cccc(N(CC(=O)OC(C)(C)C)C(=O)c3c(F)cccc3F)c2)c1. The van der Waals surface area contributed by atoms with Crippen molar-refractivity contribution in [1.82, 2.24) is 0 Å². The fourth-order valence-electron chi connectivity index (χ4n) is 3.41. The Balaban J connectivity index is 2.04. The summed E-state index contributed by atoms with van der Waals surface area (Å²) in [5.74, 6) is -3.04. The Morgan fingerprint density at radius 1 is 0.882 bits per heavy atom. The fourth-order valence-corrected chi connectivity index (χ4v) is 3.41. The highest BCUT2D eigenvalue weighted by Crippen LogP contribution is 2.29. The van der Waals surface area contributed by atoms with Crippen LogP contribution in [0.25, 0.3) is 11.1 Å². The van der Waals surface area contributed by atoms with Crippen LogP contribution in [0.1, 0.15) is 38.1 Å². The monoisotopic (exact) mass is 467 g/mol. The van der Waals surface area contributed by atoms with E-state index in [1.165, 1.54) is 6.07 Å². The van der Waals surface area contributed by atoms with E-state index in [4.69, 9.17) is 9.47 Å². The first-order valence-corrected chi connectivity index (χ1v) is 10.9. The van der Waals surface area contributed by atoms with Crippen LogP contribution in [0.15, 0.2) is 66.7 Å². The van der Waals surface area contributed by atoms with Crippen molar-refractivity contribution >= 4 is 17.6 Å². The van der Waals surface area contributed by atoms with Crippen molar-refractivity contribution in [1.29, 1.82) is 0 Å². The van der Waals surface area contributed by atoms with Crippen LogP contribution in [0.4, 0.5) is 14.5 Å². The highest BCUT2D eigenvalue weighted by Gasteiger charge is 2.28. The number of rotatable bonds is 7. The van der Waals surface area contributed by atoms with Gasteiger partial charge in [-0.15, -0.1) is 0 Å². The maximum Gasteiger partial charge on any atom is 0.326 e. The van der Waals surface area contributed by atoms with Gasteiger partial charge in [-0.1, -0.05) is 30.3 Å². The van der Waals surface area contributed by atoms with E-state index in [2.05, 4.69) is 0 Å². The average molecular weight is 468 g/mol. The molecule has 0 heterocycles. The number of hydrogen-bond donors (Lipinski definition) is 0. The molecule has 0 bridgehead atoms. The van der Waals surface area contributed by atoms with E-state index in [9.17, 15) is 18.4 Å². The summed E-state index contributed by atoms with van der Waals surface area (Å²) < 4.78 is 39.8. The second-order valence-corrected chi connectivity index (χ2v) is 8.59. The van der Waals surface area contributed by atoms with E-state index < -0.39 is 41.2 Å². The lowest BCUT2D eigenvalue weighted by molar-refractivity contribution is -0.152. The molecule has 0 unspecified atom stereocenters. The molecule has 0 saturated carbocycles. The zero-order valence-electron chi connectivity index (χ0n) is 19.6. The Kier molecular flexibility index (Phi) is 7.66. The van der Waals surface area contributed by atoms with Crippen LogP contribution in [0, 0.1) is 11.6 Å². The molecule has 1 amide bonds. The van der Waals surface area contributed by atoms with Crippen molar-refractivity contribution in [2.45, 2.75) is 33.3 Å². The smallest absolute Gasteiger partial charge is 0.326 e. The molecule has 0 spiro atoms. The Morgan fingerprint density at radius 2 is 1.47 bits per heavy atom. The molecular weight excluding hydrogens is 440 g/mol. The van der Waals surface area contributed by atoms with Crippen LogP contribution in [0.5, 0.6) is 5.75 Å². The molecule has 0 aliphatic rings. The lowest BCUT2D eigenvalue weighted by Gasteiger charge is -2.26. The Bertz CT molecular complexity index is 1170. The van der Waals surface area contributed by atoms with Gasteiger partial charge in [-0.25, -0.2) is 8.78 Å². The Hall–Kier alpha value is -3.74. The van der Waals surface area contributed by atoms with Crippen molar-refractivity contribution in [2.75, 3.05) is 18.1 Å². The van der Waals surface area contributed by atoms with Crippen molar-refractivity contribution in [2.24, 2.45) is 0 Å². The van der Waals surface area contributed by atoms with Gasteiger partial charge in [0.05, 0.1) is 6.61 Å². The van der Waals surface area contributed by atoms with Crippen molar-refractivity contribution in [3.63, 3.8) is 0 Å². The summed E-state index contributed by atoms with van der Waals surface area (Å²) in [7, 11) is 0. The summed E-state index contributed by atoms with van der Waals surface area (Å²) in [6.45, 7) is 6.95. The molecule has 0 atom stereocenters. The van der Waals surface area contributed by atoms with Gasteiger partial charge in [-0.05, 0) is 75.2 Å². The van der Waals surface area contributed by atoms with Gasteiger partial charge in [0.1, 0.15) is 35.1 Å². The van der Waals surface area contributed by atoms with Crippen LogP contribution < -0.4 is 9.64 Å². The molecule has 34 heavy (non-hydrogen) atoms. The van der Waals surface area contributed by atoms with E-state index in [0.29, 0.717) is 12.4 Å². The van der Waals surface area contributed by atoms with Gasteiger partial charge in [0.2, 0.25) is 0 Å². The van der Waals surface area contributed by atoms with Gasteiger partial charge >= 0.3 is 5.97 Å². The molecule has 3 rings (SSSR count). The Morgan fingerprint density at radius 3 is 2.09 bits per heavy atom. The standard InChI is InChI=1S/C27H27F2NO4/c1-5-33-21-12-7-10-19(16-21)18-9-6-11-20(15-18)30(17-24(31)34-27(2,3)4)26(32)25-22(28)13-8-14-23(25)29/h6-16H,5,17H2,1-4H3. The fraction of sp³-hybridized carbons (Fsp3) is 0.259. The predicted octanol–water partition coefficient (Wildman–Crippen LogP) is 6.02. The first-order valence-electron chi connectivity index (χ1n) is 10.9. The van der Waals surface area contributed by atoms with Crippen molar-refractivity contribution in [3.05, 3.63) is 83.9 Å². The third-order valence-corrected chi connectivity index (χ3v) is 4.77. The third-order valence-electron chi connectivity index (χ3n) is 4.77. The maximum atomic E-state index is 14.4. The van der Waals surface area contributed by atoms with E-state index in [-0.39, 0.29) is 5.69 Å². The summed E-state index contributed by atoms with van der Waals surface area (Å²) >= 11 is 0. The van der Waals surface area contributed by atoms with Crippen LogP contribution >= 0.6 is 0 Å². The molecular formula is C27H27F2NO4. The zero-order valence-corrected chi connectivity index (χ0v) is 19.6. The molecule has 0 radical (unpaired) electrons. The quantitative estimate of drug-likeness (QED) is 0.399. The van der Waals surface area contributed by atoms with E-state index in [1.807, 2.05) is 37.3 Å². The summed E-state index contributed by atoms with van der Waals surface area (Å²) in [4.78, 5) is 26.9. The second-order valence-electron chi connectivity index (χ2n) is 8.59. The second kappa shape index (κ2) is 10.5. The number of anilines is 1. The third kappa shape index (κ3) is 6.19. The number of amides is 1. The first kappa shape index (κ1) is 24.9. The van der Waals surface area contributed by atoms with E-state index >= 15 is 0 Å². The molecule has 3 aromatic rings. The van der Waals surface area contributed by atoms with Gasteiger partial charge in [-0.2, -0.15) is 0 Å². The molecule has 0 aliphatic carbocycles. The number of ether oxygens (including phenoxy) is 2. The van der Waals surface area contributed by atoms with Gasteiger partial charge < -0.3 is 9.47 Å². The van der Waals surface area contributed by atoms with Crippen molar-refractivity contribution in [3.8, 4) is 16.9 Å². The number of carbonyl (C=O) groups excluding carboxylic acids is 2. The number of halogens is 2. The average Bonchev–Trinajstić information content (AvgIpc) is 2.76. The van der Waals surface area contributed by atoms with Crippen LogP contribution in [-0.2, 0) is 9.53 Å². The van der Waals surface area contributed by atoms with Gasteiger partial charge in [0.25, 0.3) is 5.91 Å². The predicted molar refractivity (Wildman–Crippen MR) is 127 cm³/mol. The molecule has 5 nitrogen and oxygen atoms in total. The summed E-state index contributed by atoms with van der Waals surface area (Å²) in [5.41, 5.74) is 0.300. The molecule has 0 saturated heterocycles. The summed E-state index contributed by atoms with van der Waals surface area (Å²) in [6, 6.07) is 17.3. The van der Waals surface area contributed by atoms with Crippen LogP contribution in [0.2, 0.25) is 0 Å².